The number of benzene rings is 2. The number of nitrogens with one attached hydrogen (secondary N) is 1. The van der Waals surface area contributed by atoms with Crippen LogP contribution in [0.15, 0.2) is 53.4 Å². The van der Waals surface area contributed by atoms with Crippen molar-refractivity contribution in [2.75, 3.05) is 24.5 Å². The topological polar surface area (TPSA) is 32.3 Å². The zero-order valence-electron chi connectivity index (χ0n) is 15.0. The molecule has 25 heavy (non-hydrogen) atoms. The Hall–Kier alpha value is -1.94. The Morgan fingerprint density at radius 3 is 2.76 bits per heavy atom. The molecule has 1 amide bonds. The van der Waals surface area contributed by atoms with Gasteiger partial charge in [0.25, 0.3) is 0 Å². The van der Waals surface area contributed by atoms with Gasteiger partial charge in [-0.2, -0.15) is 0 Å². The maximum Gasteiger partial charge on any atom is 0.233 e. The molecule has 1 aliphatic rings. The predicted molar refractivity (Wildman–Crippen MR) is 106 cm³/mol. The fourth-order valence-electron chi connectivity index (χ4n) is 3.18. The standard InChI is InChI=1S/C21H26N2OS/c1-16-9-11-19(12-10-16)25-17(2)21(24)22-13-15-23-14-5-7-18-6-3-4-8-20(18)23/h3-4,6,8-12,17H,5,7,13-15H2,1-2H3,(H,22,24)/t17-/m1/s1. The zero-order valence-corrected chi connectivity index (χ0v) is 15.8. The van der Waals surface area contributed by atoms with E-state index < -0.39 is 0 Å². The molecule has 1 aliphatic heterocycles. The number of thioether (sulfide) groups is 1. The first-order chi connectivity index (χ1) is 12.1. The maximum absolute atomic E-state index is 12.4. The van der Waals surface area contributed by atoms with Gasteiger partial charge in [-0.3, -0.25) is 4.79 Å². The molecule has 1 heterocycles. The number of carbonyl (C=O) groups is 1. The normalized spacial score (nSPS) is 14.7. The molecule has 1 atom stereocenters. The Bertz CT molecular complexity index is 714. The summed E-state index contributed by atoms with van der Waals surface area (Å²) in [6.07, 6.45) is 2.34. The first-order valence-corrected chi connectivity index (χ1v) is 9.85. The number of amides is 1. The quantitative estimate of drug-likeness (QED) is 0.795. The monoisotopic (exact) mass is 354 g/mol. The Morgan fingerprint density at radius 2 is 1.96 bits per heavy atom. The van der Waals surface area contributed by atoms with E-state index in [1.165, 1.54) is 23.2 Å². The summed E-state index contributed by atoms with van der Waals surface area (Å²) in [5.74, 6) is 0.107. The van der Waals surface area contributed by atoms with Crippen molar-refractivity contribution in [3.8, 4) is 0 Å². The van der Waals surface area contributed by atoms with Crippen molar-refractivity contribution >= 4 is 23.4 Å². The smallest absolute Gasteiger partial charge is 0.233 e. The van der Waals surface area contributed by atoms with E-state index in [4.69, 9.17) is 0 Å². The lowest BCUT2D eigenvalue weighted by molar-refractivity contribution is -0.120. The highest BCUT2D eigenvalue weighted by Gasteiger charge is 2.17. The van der Waals surface area contributed by atoms with E-state index in [2.05, 4.69) is 65.7 Å². The number of rotatable bonds is 6. The van der Waals surface area contributed by atoms with Gasteiger partial charge in [0.2, 0.25) is 5.91 Å². The Labute approximate surface area is 154 Å². The maximum atomic E-state index is 12.4. The Kier molecular flexibility index (Phi) is 6.03. The van der Waals surface area contributed by atoms with Gasteiger partial charge in [-0.1, -0.05) is 35.9 Å². The van der Waals surface area contributed by atoms with Crippen molar-refractivity contribution in [1.29, 1.82) is 0 Å². The molecule has 0 unspecified atom stereocenters. The van der Waals surface area contributed by atoms with Crippen LogP contribution in [0.5, 0.6) is 0 Å². The molecule has 1 N–H and O–H groups in total. The van der Waals surface area contributed by atoms with Gasteiger partial charge >= 0.3 is 0 Å². The van der Waals surface area contributed by atoms with Crippen LogP contribution in [0.3, 0.4) is 0 Å². The van der Waals surface area contributed by atoms with Gasteiger partial charge in [-0.25, -0.2) is 0 Å². The first-order valence-electron chi connectivity index (χ1n) is 8.97. The van der Waals surface area contributed by atoms with E-state index in [0.29, 0.717) is 6.54 Å². The van der Waals surface area contributed by atoms with E-state index in [0.717, 1.165) is 24.4 Å². The van der Waals surface area contributed by atoms with Crippen LogP contribution in [-0.2, 0) is 11.2 Å². The van der Waals surface area contributed by atoms with Crippen LogP contribution in [0.1, 0.15) is 24.5 Å². The second-order valence-electron chi connectivity index (χ2n) is 6.58. The largest absolute Gasteiger partial charge is 0.370 e. The Balaban J connectivity index is 1.47. The van der Waals surface area contributed by atoms with E-state index in [1.807, 2.05) is 6.92 Å². The van der Waals surface area contributed by atoms with Crippen molar-refractivity contribution in [2.45, 2.75) is 36.8 Å². The highest BCUT2D eigenvalue weighted by molar-refractivity contribution is 8.00. The summed E-state index contributed by atoms with van der Waals surface area (Å²) in [5.41, 5.74) is 3.98. The molecule has 0 saturated carbocycles. The number of nitrogens with zero attached hydrogens (tertiary/aromatic N) is 1. The summed E-state index contributed by atoms with van der Waals surface area (Å²) in [4.78, 5) is 15.9. The van der Waals surface area contributed by atoms with Gasteiger partial charge in [0, 0.05) is 30.2 Å². The summed E-state index contributed by atoms with van der Waals surface area (Å²) >= 11 is 1.61. The van der Waals surface area contributed by atoms with Crippen molar-refractivity contribution in [1.82, 2.24) is 5.32 Å². The van der Waals surface area contributed by atoms with Gasteiger partial charge < -0.3 is 10.2 Å². The van der Waals surface area contributed by atoms with Crippen LogP contribution in [0.25, 0.3) is 0 Å². The molecule has 0 spiro atoms. The number of hydrogen-bond donors (Lipinski definition) is 1. The summed E-state index contributed by atoms with van der Waals surface area (Å²) in [5, 5.41) is 3.00. The summed E-state index contributed by atoms with van der Waals surface area (Å²) in [6, 6.07) is 16.9. The minimum Gasteiger partial charge on any atom is -0.370 e. The molecular formula is C21H26N2OS. The van der Waals surface area contributed by atoms with E-state index in [9.17, 15) is 4.79 Å². The third-order valence-electron chi connectivity index (χ3n) is 4.59. The molecule has 2 aromatic carbocycles. The molecule has 0 fully saturated rings. The molecule has 3 rings (SSSR count). The minimum atomic E-state index is -0.0867. The lowest BCUT2D eigenvalue weighted by atomic mass is 10.0. The van der Waals surface area contributed by atoms with Crippen LogP contribution >= 0.6 is 11.8 Å². The fraction of sp³-hybridized carbons (Fsp3) is 0.381. The minimum absolute atomic E-state index is 0.0867. The molecule has 3 nitrogen and oxygen atoms in total. The van der Waals surface area contributed by atoms with Gasteiger partial charge in [-0.05, 0) is 50.5 Å². The first kappa shape index (κ1) is 17.9. The number of carbonyl (C=O) groups excluding carboxylic acids is 1. The second-order valence-corrected chi connectivity index (χ2v) is 8.00. The molecule has 0 radical (unpaired) electrons. The van der Waals surface area contributed by atoms with Crippen LogP contribution in [0, 0.1) is 6.92 Å². The molecule has 0 aliphatic carbocycles. The van der Waals surface area contributed by atoms with Crippen LogP contribution < -0.4 is 10.2 Å². The fourth-order valence-corrected chi connectivity index (χ4v) is 4.07. The number of aryl methyl sites for hydroxylation is 2. The van der Waals surface area contributed by atoms with Crippen molar-refractivity contribution in [2.24, 2.45) is 0 Å². The molecule has 0 saturated heterocycles. The van der Waals surface area contributed by atoms with Gasteiger partial charge in [0.15, 0.2) is 0 Å². The average Bonchev–Trinajstić information content (AvgIpc) is 2.63. The van der Waals surface area contributed by atoms with Crippen LogP contribution in [0.4, 0.5) is 5.69 Å². The van der Waals surface area contributed by atoms with Crippen molar-refractivity contribution in [3.05, 3.63) is 59.7 Å². The SMILES string of the molecule is Cc1ccc(S[C@H](C)C(=O)NCCN2CCCc3ccccc32)cc1. The van der Waals surface area contributed by atoms with Crippen molar-refractivity contribution < 1.29 is 4.79 Å². The van der Waals surface area contributed by atoms with Crippen molar-refractivity contribution in [3.63, 3.8) is 0 Å². The zero-order chi connectivity index (χ0) is 17.6. The van der Waals surface area contributed by atoms with Crippen LogP contribution in [0.2, 0.25) is 0 Å². The summed E-state index contributed by atoms with van der Waals surface area (Å²) in [6.45, 7) is 6.66. The second kappa shape index (κ2) is 8.43. The number of fused-ring (bicyclic) bond motifs is 1. The van der Waals surface area contributed by atoms with Gasteiger partial charge in [-0.15, -0.1) is 11.8 Å². The third kappa shape index (κ3) is 4.79. The number of anilines is 1. The Morgan fingerprint density at radius 1 is 1.20 bits per heavy atom. The van der Waals surface area contributed by atoms with Gasteiger partial charge in [0.1, 0.15) is 0 Å². The average molecular weight is 355 g/mol. The lowest BCUT2D eigenvalue weighted by Gasteiger charge is -2.31. The predicted octanol–water partition coefficient (Wildman–Crippen LogP) is 4.04. The highest BCUT2D eigenvalue weighted by Crippen LogP contribution is 2.26. The lowest BCUT2D eigenvalue weighted by Crippen LogP contribution is -2.39. The molecule has 0 aromatic heterocycles. The molecular weight excluding hydrogens is 328 g/mol. The molecule has 0 bridgehead atoms. The third-order valence-corrected chi connectivity index (χ3v) is 5.70. The molecule has 4 heteroatoms. The van der Waals surface area contributed by atoms with E-state index in [-0.39, 0.29) is 11.2 Å². The summed E-state index contributed by atoms with van der Waals surface area (Å²) < 4.78 is 0. The van der Waals surface area contributed by atoms with Gasteiger partial charge in [0.05, 0.1) is 5.25 Å². The van der Waals surface area contributed by atoms with Crippen LogP contribution in [-0.4, -0.2) is 30.8 Å². The van der Waals surface area contributed by atoms with E-state index >= 15 is 0 Å². The van der Waals surface area contributed by atoms with E-state index in [1.54, 1.807) is 11.8 Å². The molecule has 2 aromatic rings. The molecule has 132 valence electrons. The summed E-state index contributed by atoms with van der Waals surface area (Å²) in [7, 11) is 0. The number of hydrogen-bond acceptors (Lipinski definition) is 3. The number of para-hydroxylation sites is 1. The highest BCUT2D eigenvalue weighted by atomic mass is 32.2.